The molecule has 6 heteroatoms. The van der Waals surface area contributed by atoms with Crippen molar-refractivity contribution in [3.63, 3.8) is 0 Å². The van der Waals surface area contributed by atoms with Gasteiger partial charge in [-0.3, -0.25) is 0 Å². The fourth-order valence-electron chi connectivity index (χ4n) is 1.48. The Bertz CT molecular complexity index is 453. The van der Waals surface area contributed by atoms with Crippen LogP contribution < -0.4 is 16.0 Å². The summed E-state index contributed by atoms with van der Waals surface area (Å²) < 4.78 is 0. The van der Waals surface area contributed by atoms with Crippen molar-refractivity contribution in [2.75, 3.05) is 30.4 Å². The summed E-state index contributed by atoms with van der Waals surface area (Å²) in [5.41, 5.74) is 5.43. The zero-order valence-corrected chi connectivity index (χ0v) is 9.72. The number of nitrogens with zero attached hydrogens (tertiary/aromatic N) is 3. The van der Waals surface area contributed by atoms with Crippen molar-refractivity contribution in [3.05, 3.63) is 30.7 Å². The average Bonchev–Trinajstić information content (AvgIpc) is 2.89. The first-order valence-corrected chi connectivity index (χ1v) is 5.44. The van der Waals surface area contributed by atoms with Crippen LogP contribution in [0.5, 0.6) is 0 Å². The molecule has 0 unspecified atom stereocenters. The first kappa shape index (κ1) is 11.4. The summed E-state index contributed by atoms with van der Waals surface area (Å²) in [6.45, 7) is 1.27. The van der Waals surface area contributed by atoms with Crippen molar-refractivity contribution in [1.82, 2.24) is 15.0 Å². The minimum absolute atomic E-state index is 0.575. The highest BCUT2D eigenvalue weighted by Crippen LogP contribution is 2.20. The van der Waals surface area contributed by atoms with Crippen molar-refractivity contribution in [3.8, 4) is 0 Å². The largest absolute Gasteiger partial charge is 0.369 e. The van der Waals surface area contributed by atoms with Gasteiger partial charge in [-0.15, -0.1) is 0 Å². The summed E-state index contributed by atoms with van der Waals surface area (Å²) in [6.07, 6.45) is 3.41. The highest BCUT2D eigenvalue weighted by Gasteiger charge is 2.06. The monoisotopic (exact) mass is 232 g/mol. The second-order valence-corrected chi connectivity index (χ2v) is 3.59. The van der Waals surface area contributed by atoms with Gasteiger partial charge in [-0.25, -0.2) is 9.97 Å². The molecule has 2 heterocycles. The van der Waals surface area contributed by atoms with Crippen LogP contribution in [0.1, 0.15) is 0 Å². The fraction of sp³-hybridized carbons (Fsp3) is 0.273. The molecule has 0 amide bonds. The molecule has 4 N–H and O–H groups in total. The minimum Gasteiger partial charge on any atom is -0.369 e. The van der Waals surface area contributed by atoms with Crippen LogP contribution in [0.25, 0.3) is 0 Å². The maximum absolute atomic E-state index is 5.43. The van der Waals surface area contributed by atoms with E-state index in [9.17, 15) is 0 Å². The van der Waals surface area contributed by atoms with Gasteiger partial charge in [-0.1, -0.05) is 0 Å². The first-order valence-electron chi connectivity index (χ1n) is 5.44. The van der Waals surface area contributed by atoms with Crippen molar-refractivity contribution < 1.29 is 0 Å². The normalized spacial score (nSPS) is 10.2. The average molecular weight is 232 g/mol. The van der Waals surface area contributed by atoms with E-state index in [1.165, 1.54) is 6.33 Å². The predicted molar refractivity (Wildman–Crippen MR) is 68.4 cm³/mol. The van der Waals surface area contributed by atoms with E-state index in [-0.39, 0.29) is 0 Å². The van der Waals surface area contributed by atoms with Crippen LogP contribution in [0.15, 0.2) is 30.7 Å². The summed E-state index contributed by atoms with van der Waals surface area (Å²) in [5, 5.41) is 3.12. The molecule has 0 atom stereocenters. The molecule has 0 saturated carbocycles. The van der Waals surface area contributed by atoms with E-state index < -0.39 is 0 Å². The number of hydrogen-bond acceptors (Lipinski definition) is 5. The van der Waals surface area contributed by atoms with Crippen LogP contribution in [0.2, 0.25) is 0 Å². The Balaban J connectivity index is 2.15. The lowest BCUT2D eigenvalue weighted by molar-refractivity contribution is 0.996. The maximum Gasteiger partial charge on any atom is 0.139 e. The molecule has 0 fully saturated rings. The lowest BCUT2D eigenvalue weighted by Gasteiger charge is -2.16. The van der Waals surface area contributed by atoms with E-state index in [2.05, 4.69) is 20.3 Å². The number of nitrogens with one attached hydrogen (secondary N) is 2. The molecule has 0 aliphatic carbocycles. The summed E-state index contributed by atoms with van der Waals surface area (Å²) in [5.74, 6) is 2.58. The first-order chi connectivity index (χ1) is 8.31. The molecule has 0 saturated heterocycles. The van der Waals surface area contributed by atoms with E-state index in [0.29, 0.717) is 13.1 Å². The van der Waals surface area contributed by atoms with E-state index in [1.54, 1.807) is 0 Å². The number of aromatic nitrogens is 3. The summed E-state index contributed by atoms with van der Waals surface area (Å²) in [7, 11) is 1.95. The predicted octanol–water partition coefficient (Wildman–Crippen LogP) is 0.943. The molecule has 0 aliphatic heterocycles. The van der Waals surface area contributed by atoms with Crippen molar-refractivity contribution in [1.29, 1.82) is 0 Å². The molecule has 0 aromatic carbocycles. The maximum atomic E-state index is 5.43. The Kier molecular flexibility index (Phi) is 3.56. The van der Waals surface area contributed by atoms with Crippen LogP contribution in [-0.4, -0.2) is 35.1 Å². The highest BCUT2D eigenvalue weighted by molar-refractivity contribution is 5.58. The molecule has 0 bridgehead atoms. The standard InChI is InChI=1S/C11H16N6/c1-17(10-3-2-5-14-10)11-7-9(13-6-4-12)15-8-16-11/h2-3,5,7-8,14H,4,6,12H2,1H3,(H,13,15,16). The van der Waals surface area contributed by atoms with E-state index in [4.69, 9.17) is 5.73 Å². The summed E-state index contributed by atoms with van der Waals surface area (Å²) in [4.78, 5) is 13.4. The van der Waals surface area contributed by atoms with Gasteiger partial charge in [0, 0.05) is 32.4 Å². The number of hydrogen-bond donors (Lipinski definition) is 3. The molecule has 90 valence electrons. The van der Waals surface area contributed by atoms with Crippen LogP contribution >= 0.6 is 0 Å². The van der Waals surface area contributed by atoms with Gasteiger partial charge in [0.05, 0.1) is 0 Å². The second-order valence-electron chi connectivity index (χ2n) is 3.59. The SMILES string of the molecule is CN(c1cc(NCCN)ncn1)c1ccc[nH]1. The molecule has 0 radical (unpaired) electrons. The topological polar surface area (TPSA) is 82.9 Å². The molecule has 2 aromatic rings. The van der Waals surface area contributed by atoms with E-state index in [1.807, 2.05) is 36.3 Å². The van der Waals surface area contributed by atoms with Crippen molar-refractivity contribution in [2.45, 2.75) is 0 Å². The number of H-pyrrole nitrogens is 1. The molecular formula is C11H16N6. The third-order valence-electron chi connectivity index (χ3n) is 2.39. The zero-order valence-electron chi connectivity index (χ0n) is 9.72. The van der Waals surface area contributed by atoms with Gasteiger partial charge in [0.15, 0.2) is 0 Å². The molecule has 0 aliphatic rings. The lowest BCUT2D eigenvalue weighted by atomic mass is 10.4. The Hall–Kier alpha value is -2.08. The van der Waals surface area contributed by atoms with E-state index in [0.717, 1.165) is 17.5 Å². The zero-order chi connectivity index (χ0) is 12.1. The molecule has 2 aromatic heterocycles. The molecule has 6 nitrogen and oxygen atoms in total. The summed E-state index contributed by atoms with van der Waals surface area (Å²) >= 11 is 0. The number of rotatable bonds is 5. The third-order valence-corrected chi connectivity index (χ3v) is 2.39. The van der Waals surface area contributed by atoms with E-state index >= 15 is 0 Å². The Morgan fingerprint density at radius 2 is 2.35 bits per heavy atom. The Morgan fingerprint density at radius 1 is 1.47 bits per heavy atom. The van der Waals surface area contributed by atoms with Gasteiger partial charge in [0.1, 0.15) is 23.8 Å². The van der Waals surface area contributed by atoms with Gasteiger partial charge in [0.2, 0.25) is 0 Å². The van der Waals surface area contributed by atoms with Crippen molar-refractivity contribution in [2.24, 2.45) is 5.73 Å². The summed E-state index contributed by atoms with van der Waals surface area (Å²) in [6, 6.07) is 5.81. The van der Waals surface area contributed by atoms with Crippen LogP contribution in [0.4, 0.5) is 17.5 Å². The van der Waals surface area contributed by atoms with Gasteiger partial charge in [-0.2, -0.15) is 0 Å². The third kappa shape index (κ3) is 2.73. The van der Waals surface area contributed by atoms with Crippen LogP contribution in [0.3, 0.4) is 0 Å². The van der Waals surface area contributed by atoms with Gasteiger partial charge < -0.3 is 20.9 Å². The second kappa shape index (κ2) is 5.31. The molecular weight excluding hydrogens is 216 g/mol. The number of aromatic amines is 1. The Labute approximate surface area is 99.9 Å². The smallest absolute Gasteiger partial charge is 0.139 e. The van der Waals surface area contributed by atoms with Crippen molar-refractivity contribution >= 4 is 17.5 Å². The number of nitrogens with two attached hydrogens (primary N) is 1. The van der Waals surface area contributed by atoms with Crippen LogP contribution in [0, 0.1) is 0 Å². The fourth-order valence-corrected chi connectivity index (χ4v) is 1.48. The lowest BCUT2D eigenvalue weighted by Crippen LogP contribution is -2.15. The van der Waals surface area contributed by atoms with Gasteiger partial charge >= 0.3 is 0 Å². The quantitative estimate of drug-likeness (QED) is 0.714. The highest BCUT2D eigenvalue weighted by atomic mass is 15.2. The van der Waals surface area contributed by atoms with Gasteiger partial charge in [0.25, 0.3) is 0 Å². The minimum atomic E-state index is 0.575. The number of anilines is 3. The molecule has 17 heavy (non-hydrogen) atoms. The molecule has 0 spiro atoms. The molecule has 2 rings (SSSR count). The van der Waals surface area contributed by atoms with Crippen LogP contribution in [-0.2, 0) is 0 Å². The van der Waals surface area contributed by atoms with Gasteiger partial charge in [-0.05, 0) is 12.1 Å². The Morgan fingerprint density at radius 3 is 3.06 bits per heavy atom.